The Bertz CT molecular complexity index is 260. The lowest BCUT2D eigenvalue weighted by atomic mass is 9.98. The van der Waals surface area contributed by atoms with Crippen molar-refractivity contribution in [3.63, 3.8) is 0 Å². The molecule has 0 saturated carbocycles. The number of nitrogens with zero attached hydrogens (tertiary/aromatic N) is 2. The molecule has 0 spiro atoms. The number of carbonyl (C=O) groups is 1. The van der Waals surface area contributed by atoms with Gasteiger partial charge in [-0.15, -0.1) is 0 Å². The van der Waals surface area contributed by atoms with Crippen LogP contribution in [-0.4, -0.2) is 54.7 Å². The Labute approximate surface area is 97.5 Å². The van der Waals surface area contributed by atoms with Crippen molar-refractivity contribution in [2.45, 2.75) is 38.8 Å². The Morgan fingerprint density at radius 2 is 1.94 bits per heavy atom. The van der Waals surface area contributed by atoms with E-state index in [4.69, 9.17) is 4.74 Å². The van der Waals surface area contributed by atoms with Crippen molar-refractivity contribution in [2.75, 3.05) is 26.7 Å². The van der Waals surface area contributed by atoms with E-state index in [0.29, 0.717) is 18.6 Å². The molecule has 1 amide bonds. The molecule has 2 saturated heterocycles. The number of hydrogen-bond acceptors (Lipinski definition) is 3. The van der Waals surface area contributed by atoms with Crippen LogP contribution in [0.15, 0.2) is 0 Å². The van der Waals surface area contributed by atoms with E-state index in [2.05, 4.69) is 25.8 Å². The predicted molar refractivity (Wildman–Crippen MR) is 62.3 cm³/mol. The van der Waals surface area contributed by atoms with Gasteiger partial charge in [0.15, 0.2) is 0 Å². The van der Waals surface area contributed by atoms with Crippen LogP contribution >= 0.6 is 0 Å². The summed E-state index contributed by atoms with van der Waals surface area (Å²) in [6, 6.07) is 0.666. The van der Waals surface area contributed by atoms with Gasteiger partial charge in [-0.3, -0.25) is 4.90 Å². The van der Waals surface area contributed by atoms with Crippen molar-refractivity contribution in [2.24, 2.45) is 5.92 Å². The van der Waals surface area contributed by atoms with Crippen LogP contribution in [0.4, 0.5) is 4.79 Å². The third kappa shape index (κ3) is 2.17. The molecule has 2 fully saturated rings. The summed E-state index contributed by atoms with van der Waals surface area (Å²) in [5, 5.41) is 0. The average molecular weight is 226 g/mol. The normalized spacial score (nSPS) is 28.9. The van der Waals surface area contributed by atoms with Crippen LogP contribution in [0.5, 0.6) is 0 Å². The van der Waals surface area contributed by atoms with Crippen LogP contribution in [0.25, 0.3) is 0 Å². The van der Waals surface area contributed by atoms with Gasteiger partial charge in [-0.05, 0) is 38.9 Å². The van der Waals surface area contributed by atoms with Crippen molar-refractivity contribution in [1.29, 1.82) is 0 Å². The summed E-state index contributed by atoms with van der Waals surface area (Å²) >= 11 is 0. The second-order valence-corrected chi connectivity index (χ2v) is 5.33. The third-order valence-corrected chi connectivity index (χ3v) is 3.80. The molecule has 0 aromatic carbocycles. The Hall–Kier alpha value is -0.770. The molecule has 2 aliphatic heterocycles. The zero-order valence-electron chi connectivity index (χ0n) is 10.5. The Morgan fingerprint density at radius 3 is 2.50 bits per heavy atom. The number of likely N-dealkylation sites (tertiary alicyclic amines) is 1. The number of carbonyl (C=O) groups excluding carboxylic acids is 1. The minimum Gasteiger partial charge on any atom is -0.447 e. The Morgan fingerprint density at radius 1 is 1.31 bits per heavy atom. The largest absolute Gasteiger partial charge is 0.447 e. The molecule has 2 heterocycles. The van der Waals surface area contributed by atoms with Gasteiger partial charge >= 0.3 is 6.09 Å². The third-order valence-electron chi connectivity index (χ3n) is 3.80. The Balaban J connectivity index is 2.03. The quantitative estimate of drug-likeness (QED) is 0.716. The maximum atomic E-state index is 11.8. The summed E-state index contributed by atoms with van der Waals surface area (Å²) in [4.78, 5) is 16.1. The molecule has 4 heteroatoms. The topological polar surface area (TPSA) is 32.8 Å². The van der Waals surface area contributed by atoms with E-state index in [1.165, 1.54) is 0 Å². The fraction of sp³-hybridized carbons (Fsp3) is 0.917. The molecule has 0 aromatic heterocycles. The number of rotatable bonds is 2. The first-order valence-corrected chi connectivity index (χ1v) is 6.23. The second kappa shape index (κ2) is 4.62. The fourth-order valence-corrected chi connectivity index (χ4v) is 2.65. The summed E-state index contributed by atoms with van der Waals surface area (Å²) in [7, 11) is 2.14. The van der Waals surface area contributed by atoms with Gasteiger partial charge in [-0.2, -0.15) is 0 Å². The van der Waals surface area contributed by atoms with Crippen molar-refractivity contribution in [3.8, 4) is 0 Å². The van der Waals surface area contributed by atoms with Gasteiger partial charge < -0.3 is 9.64 Å². The van der Waals surface area contributed by atoms with E-state index in [1.807, 2.05) is 4.90 Å². The first-order valence-electron chi connectivity index (χ1n) is 6.23. The molecule has 0 unspecified atom stereocenters. The number of amides is 1. The first-order chi connectivity index (χ1) is 7.59. The van der Waals surface area contributed by atoms with Gasteiger partial charge in [0.25, 0.3) is 0 Å². The molecule has 2 aliphatic rings. The first kappa shape index (κ1) is 11.7. The fourth-order valence-electron chi connectivity index (χ4n) is 2.65. The standard InChI is InChI=1S/C12H22N2O2/c1-9(2)11-8-16-12(15)14(11)10-4-6-13(3)7-5-10/h9-11H,4-8H2,1-3H3/t11-/m1/s1. The molecule has 0 aromatic rings. The molecule has 0 bridgehead atoms. The average Bonchev–Trinajstić information content (AvgIpc) is 2.62. The summed E-state index contributed by atoms with van der Waals surface area (Å²) < 4.78 is 5.19. The maximum Gasteiger partial charge on any atom is 0.410 e. The predicted octanol–water partition coefficient (Wildman–Crippen LogP) is 1.56. The number of cyclic esters (lactones) is 1. The lowest BCUT2D eigenvalue weighted by Gasteiger charge is -2.37. The van der Waals surface area contributed by atoms with Crippen molar-refractivity contribution < 1.29 is 9.53 Å². The Kier molecular flexibility index (Phi) is 3.38. The van der Waals surface area contributed by atoms with E-state index in [1.54, 1.807) is 0 Å². The minimum atomic E-state index is -0.103. The highest BCUT2D eigenvalue weighted by molar-refractivity contribution is 5.70. The molecule has 92 valence electrons. The van der Waals surface area contributed by atoms with Gasteiger partial charge in [0.1, 0.15) is 6.61 Å². The van der Waals surface area contributed by atoms with Gasteiger partial charge in [-0.25, -0.2) is 4.79 Å². The molecule has 0 radical (unpaired) electrons. The van der Waals surface area contributed by atoms with Crippen LogP contribution < -0.4 is 0 Å². The monoisotopic (exact) mass is 226 g/mol. The molecule has 0 aliphatic carbocycles. The highest BCUT2D eigenvalue weighted by atomic mass is 16.6. The van der Waals surface area contributed by atoms with E-state index in [0.717, 1.165) is 25.9 Å². The maximum absolute atomic E-state index is 11.8. The summed E-state index contributed by atoms with van der Waals surface area (Å²) in [5.41, 5.74) is 0. The molecule has 1 atom stereocenters. The van der Waals surface area contributed by atoms with E-state index in [-0.39, 0.29) is 12.1 Å². The van der Waals surface area contributed by atoms with Crippen molar-refractivity contribution in [1.82, 2.24) is 9.80 Å². The number of piperidine rings is 1. The van der Waals surface area contributed by atoms with E-state index < -0.39 is 0 Å². The van der Waals surface area contributed by atoms with Crippen LogP contribution in [0.3, 0.4) is 0 Å². The van der Waals surface area contributed by atoms with Crippen molar-refractivity contribution in [3.05, 3.63) is 0 Å². The molecular formula is C12H22N2O2. The lowest BCUT2D eigenvalue weighted by Crippen LogP contribution is -2.49. The molecule has 16 heavy (non-hydrogen) atoms. The van der Waals surface area contributed by atoms with Crippen LogP contribution in [0, 0.1) is 5.92 Å². The molecular weight excluding hydrogens is 204 g/mol. The number of hydrogen-bond donors (Lipinski definition) is 0. The molecule has 4 nitrogen and oxygen atoms in total. The van der Waals surface area contributed by atoms with Gasteiger partial charge in [0.2, 0.25) is 0 Å². The molecule has 2 rings (SSSR count). The van der Waals surface area contributed by atoms with E-state index >= 15 is 0 Å². The summed E-state index contributed by atoms with van der Waals surface area (Å²) in [6.45, 7) is 7.06. The van der Waals surface area contributed by atoms with Gasteiger partial charge in [0, 0.05) is 6.04 Å². The van der Waals surface area contributed by atoms with Crippen LogP contribution in [-0.2, 0) is 4.74 Å². The van der Waals surface area contributed by atoms with Gasteiger partial charge in [0.05, 0.1) is 6.04 Å². The zero-order chi connectivity index (χ0) is 11.7. The highest BCUT2D eigenvalue weighted by Crippen LogP contribution is 2.26. The lowest BCUT2D eigenvalue weighted by molar-refractivity contribution is 0.106. The molecule has 0 N–H and O–H groups in total. The van der Waals surface area contributed by atoms with Gasteiger partial charge in [-0.1, -0.05) is 13.8 Å². The van der Waals surface area contributed by atoms with Crippen LogP contribution in [0.2, 0.25) is 0 Å². The van der Waals surface area contributed by atoms with Crippen molar-refractivity contribution >= 4 is 6.09 Å². The number of ether oxygens (including phenoxy) is 1. The highest BCUT2D eigenvalue weighted by Gasteiger charge is 2.40. The summed E-state index contributed by atoms with van der Waals surface area (Å²) in [6.07, 6.45) is 2.05. The zero-order valence-corrected chi connectivity index (χ0v) is 10.5. The summed E-state index contributed by atoms with van der Waals surface area (Å²) in [5.74, 6) is 0.478. The van der Waals surface area contributed by atoms with Crippen LogP contribution in [0.1, 0.15) is 26.7 Å². The SMILES string of the molecule is CC(C)[C@H]1COC(=O)N1C1CCN(C)CC1. The second-order valence-electron chi connectivity index (χ2n) is 5.33. The van der Waals surface area contributed by atoms with E-state index in [9.17, 15) is 4.79 Å². The minimum absolute atomic E-state index is 0.103. The smallest absolute Gasteiger partial charge is 0.410 e.